The first-order valence-corrected chi connectivity index (χ1v) is 8.27. The van der Waals surface area contributed by atoms with E-state index in [1.54, 1.807) is 0 Å². The SMILES string of the molecule is CN(C(=O)C1C2C=CC(C2)C1C(=O)O)C1CCCCCC1. The third-order valence-corrected chi connectivity index (χ3v) is 5.75. The number of rotatable bonds is 3. The molecule has 21 heavy (non-hydrogen) atoms. The number of amides is 1. The third-order valence-electron chi connectivity index (χ3n) is 5.75. The number of aliphatic carboxylic acids is 1. The summed E-state index contributed by atoms with van der Waals surface area (Å²) in [5, 5.41) is 9.49. The summed E-state index contributed by atoms with van der Waals surface area (Å²) in [6.45, 7) is 0. The first-order chi connectivity index (χ1) is 10.1. The van der Waals surface area contributed by atoms with Crippen LogP contribution in [0.1, 0.15) is 44.9 Å². The van der Waals surface area contributed by atoms with Crippen LogP contribution < -0.4 is 0 Å². The summed E-state index contributed by atoms with van der Waals surface area (Å²) in [5.41, 5.74) is 0. The predicted molar refractivity (Wildman–Crippen MR) is 79.6 cm³/mol. The first kappa shape index (κ1) is 14.6. The number of fused-ring (bicyclic) bond motifs is 2. The molecule has 2 bridgehead atoms. The van der Waals surface area contributed by atoms with Gasteiger partial charge in [-0.1, -0.05) is 37.8 Å². The monoisotopic (exact) mass is 291 g/mol. The summed E-state index contributed by atoms with van der Waals surface area (Å²) in [4.78, 5) is 26.3. The third kappa shape index (κ3) is 2.60. The van der Waals surface area contributed by atoms with Crippen LogP contribution >= 0.6 is 0 Å². The number of hydrogen-bond donors (Lipinski definition) is 1. The van der Waals surface area contributed by atoms with Gasteiger partial charge in [0.15, 0.2) is 0 Å². The zero-order chi connectivity index (χ0) is 15.0. The summed E-state index contributed by atoms with van der Waals surface area (Å²) in [6.07, 6.45) is 11.9. The van der Waals surface area contributed by atoms with E-state index in [1.165, 1.54) is 25.7 Å². The zero-order valence-electron chi connectivity index (χ0n) is 12.7. The quantitative estimate of drug-likeness (QED) is 0.642. The number of carbonyl (C=O) groups excluding carboxylic acids is 1. The Hall–Kier alpha value is -1.32. The van der Waals surface area contributed by atoms with Gasteiger partial charge in [0.1, 0.15) is 0 Å². The molecule has 4 atom stereocenters. The van der Waals surface area contributed by atoms with Gasteiger partial charge in [0.25, 0.3) is 0 Å². The van der Waals surface area contributed by atoms with Gasteiger partial charge >= 0.3 is 5.97 Å². The predicted octanol–water partition coefficient (Wildman–Crippen LogP) is 2.69. The molecule has 4 unspecified atom stereocenters. The van der Waals surface area contributed by atoms with Gasteiger partial charge in [0.05, 0.1) is 11.8 Å². The van der Waals surface area contributed by atoms with Gasteiger partial charge in [0.2, 0.25) is 5.91 Å². The maximum Gasteiger partial charge on any atom is 0.307 e. The van der Waals surface area contributed by atoms with Gasteiger partial charge in [0, 0.05) is 13.1 Å². The Balaban J connectivity index is 1.74. The van der Waals surface area contributed by atoms with Crippen molar-refractivity contribution >= 4 is 11.9 Å². The molecule has 0 aliphatic heterocycles. The fraction of sp³-hybridized carbons (Fsp3) is 0.765. The second-order valence-electron chi connectivity index (χ2n) is 6.93. The summed E-state index contributed by atoms with van der Waals surface area (Å²) in [7, 11) is 1.88. The minimum absolute atomic E-state index is 0.0592. The number of nitrogens with zero attached hydrogens (tertiary/aromatic N) is 1. The van der Waals surface area contributed by atoms with E-state index in [9.17, 15) is 14.7 Å². The molecule has 0 saturated heterocycles. The van der Waals surface area contributed by atoms with Crippen LogP contribution in [0.2, 0.25) is 0 Å². The Morgan fingerprint density at radius 3 is 2.14 bits per heavy atom. The van der Waals surface area contributed by atoms with Crippen LogP contribution in [0.15, 0.2) is 12.2 Å². The molecule has 0 aromatic rings. The minimum atomic E-state index is -0.806. The lowest BCUT2D eigenvalue weighted by molar-refractivity contribution is -0.151. The smallest absolute Gasteiger partial charge is 0.307 e. The summed E-state index contributed by atoms with van der Waals surface area (Å²) < 4.78 is 0. The highest BCUT2D eigenvalue weighted by molar-refractivity contribution is 5.87. The van der Waals surface area contributed by atoms with Crippen molar-refractivity contribution in [1.82, 2.24) is 4.90 Å². The largest absolute Gasteiger partial charge is 0.481 e. The molecule has 0 spiro atoms. The van der Waals surface area contributed by atoms with Crippen LogP contribution in [0, 0.1) is 23.7 Å². The van der Waals surface area contributed by atoms with E-state index in [1.807, 2.05) is 18.0 Å². The van der Waals surface area contributed by atoms with Crippen LogP contribution in [0.4, 0.5) is 0 Å². The molecule has 2 saturated carbocycles. The topological polar surface area (TPSA) is 57.6 Å². The number of hydrogen-bond acceptors (Lipinski definition) is 2. The molecule has 3 aliphatic rings. The van der Waals surface area contributed by atoms with Crippen molar-refractivity contribution in [2.75, 3.05) is 7.05 Å². The standard InChI is InChI=1S/C17H25NO3/c1-18(13-6-4-2-3-5-7-13)16(19)14-11-8-9-12(10-11)15(14)17(20)21/h8-9,11-15H,2-7,10H2,1H3,(H,20,21). The number of allylic oxidation sites excluding steroid dienone is 2. The molecule has 0 aromatic heterocycles. The van der Waals surface area contributed by atoms with Crippen molar-refractivity contribution in [3.8, 4) is 0 Å². The Labute approximate surface area is 126 Å². The second kappa shape index (κ2) is 5.82. The van der Waals surface area contributed by atoms with E-state index in [0.29, 0.717) is 6.04 Å². The maximum absolute atomic E-state index is 12.9. The maximum atomic E-state index is 12.9. The second-order valence-corrected chi connectivity index (χ2v) is 6.93. The summed E-state index contributed by atoms with van der Waals surface area (Å²) in [5.74, 6) is -1.40. The van der Waals surface area contributed by atoms with Gasteiger partial charge in [-0.3, -0.25) is 9.59 Å². The van der Waals surface area contributed by atoms with E-state index in [0.717, 1.165) is 19.3 Å². The highest BCUT2D eigenvalue weighted by Crippen LogP contribution is 2.49. The molecule has 1 N–H and O–H groups in total. The van der Waals surface area contributed by atoms with Crippen molar-refractivity contribution in [1.29, 1.82) is 0 Å². The molecular weight excluding hydrogens is 266 g/mol. The van der Waals surface area contributed by atoms with Crippen LogP contribution in [0.5, 0.6) is 0 Å². The van der Waals surface area contributed by atoms with Crippen molar-refractivity contribution in [3.63, 3.8) is 0 Å². The molecule has 1 amide bonds. The van der Waals surface area contributed by atoms with Crippen LogP contribution in [-0.2, 0) is 9.59 Å². The molecular formula is C17H25NO3. The van der Waals surface area contributed by atoms with E-state index in [4.69, 9.17) is 0 Å². The van der Waals surface area contributed by atoms with Crippen LogP contribution in [0.3, 0.4) is 0 Å². The molecule has 0 heterocycles. The van der Waals surface area contributed by atoms with Crippen molar-refractivity contribution < 1.29 is 14.7 Å². The van der Waals surface area contributed by atoms with Gasteiger partial charge in [-0.2, -0.15) is 0 Å². The Kier molecular flexibility index (Phi) is 4.05. The van der Waals surface area contributed by atoms with Crippen LogP contribution in [0.25, 0.3) is 0 Å². The Morgan fingerprint density at radius 2 is 1.57 bits per heavy atom. The lowest BCUT2D eigenvalue weighted by atomic mass is 9.82. The van der Waals surface area contributed by atoms with Crippen LogP contribution in [-0.4, -0.2) is 35.0 Å². The summed E-state index contributed by atoms with van der Waals surface area (Å²) >= 11 is 0. The van der Waals surface area contributed by atoms with Crippen molar-refractivity contribution in [3.05, 3.63) is 12.2 Å². The van der Waals surface area contributed by atoms with Gasteiger partial charge in [-0.15, -0.1) is 0 Å². The number of carboxylic acid groups (broad SMARTS) is 1. The molecule has 4 heteroatoms. The molecule has 0 radical (unpaired) electrons. The fourth-order valence-corrected chi connectivity index (χ4v) is 4.56. The molecule has 2 fully saturated rings. The molecule has 3 rings (SSSR count). The molecule has 116 valence electrons. The summed E-state index contributed by atoms with van der Waals surface area (Å²) in [6, 6.07) is 0.303. The van der Waals surface area contributed by atoms with E-state index in [-0.39, 0.29) is 23.7 Å². The zero-order valence-corrected chi connectivity index (χ0v) is 12.7. The molecule has 3 aliphatic carbocycles. The first-order valence-electron chi connectivity index (χ1n) is 8.27. The van der Waals surface area contributed by atoms with Gasteiger partial charge in [-0.25, -0.2) is 0 Å². The minimum Gasteiger partial charge on any atom is -0.481 e. The lowest BCUT2D eigenvalue weighted by Gasteiger charge is -2.33. The van der Waals surface area contributed by atoms with Gasteiger partial charge in [-0.05, 0) is 31.1 Å². The van der Waals surface area contributed by atoms with E-state index in [2.05, 4.69) is 6.08 Å². The molecule has 4 nitrogen and oxygen atoms in total. The average Bonchev–Trinajstić information content (AvgIpc) is 2.97. The number of carboxylic acids is 1. The van der Waals surface area contributed by atoms with Crippen molar-refractivity contribution in [2.45, 2.75) is 51.0 Å². The number of carbonyl (C=O) groups is 2. The van der Waals surface area contributed by atoms with E-state index < -0.39 is 11.9 Å². The highest BCUT2D eigenvalue weighted by atomic mass is 16.4. The van der Waals surface area contributed by atoms with Crippen molar-refractivity contribution in [2.24, 2.45) is 23.7 Å². The lowest BCUT2D eigenvalue weighted by Crippen LogP contribution is -2.45. The fourth-order valence-electron chi connectivity index (χ4n) is 4.56. The Bertz CT molecular complexity index is 451. The Morgan fingerprint density at radius 1 is 1.00 bits per heavy atom. The highest BCUT2D eigenvalue weighted by Gasteiger charge is 2.52. The normalized spacial score (nSPS) is 35.7. The molecule has 0 aromatic carbocycles. The van der Waals surface area contributed by atoms with Gasteiger partial charge < -0.3 is 10.0 Å². The van der Waals surface area contributed by atoms with E-state index >= 15 is 0 Å². The average molecular weight is 291 g/mol.